The lowest BCUT2D eigenvalue weighted by Gasteiger charge is -2.08. The molecule has 0 aliphatic rings. The van der Waals surface area contributed by atoms with Gasteiger partial charge in [-0.1, -0.05) is 29.8 Å². The van der Waals surface area contributed by atoms with Crippen LogP contribution in [0.15, 0.2) is 53.8 Å². The molecule has 25 heavy (non-hydrogen) atoms. The van der Waals surface area contributed by atoms with E-state index in [1.165, 1.54) is 0 Å². The van der Waals surface area contributed by atoms with Crippen LogP contribution in [-0.4, -0.2) is 23.3 Å². The summed E-state index contributed by atoms with van der Waals surface area (Å²) in [4.78, 5) is 11.9. The number of fused-ring (bicyclic) bond motifs is 1. The number of halogens is 1. The highest BCUT2D eigenvalue weighted by atomic mass is 35.5. The Morgan fingerprint density at radius 1 is 1.32 bits per heavy atom. The van der Waals surface area contributed by atoms with Crippen LogP contribution in [0.25, 0.3) is 10.9 Å². The van der Waals surface area contributed by atoms with E-state index in [9.17, 15) is 4.79 Å². The number of para-hydroxylation sites is 1. The topological polar surface area (TPSA) is 55.6 Å². The van der Waals surface area contributed by atoms with Crippen LogP contribution in [0.2, 0.25) is 5.02 Å². The number of rotatable bonds is 5. The summed E-state index contributed by atoms with van der Waals surface area (Å²) in [6.45, 7) is 1.76. The number of benzene rings is 2. The van der Waals surface area contributed by atoms with Gasteiger partial charge in [-0.15, -0.1) is 0 Å². The predicted octanol–water partition coefficient (Wildman–Crippen LogP) is 3.67. The van der Waals surface area contributed by atoms with Gasteiger partial charge >= 0.3 is 0 Å². The van der Waals surface area contributed by atoms with Crippen LogP contribution in [0.4, 0.5) is 0 Å². The van der Waals surface area contributed by atoms with E-state index < -0.39 is 0 Å². The van der Waals surface area contributed by atoms with Gasteiger partial charge in [-0.3, -0.25) is 4.79 Å². The van der Waals surface area contributed by atoms with E-state index in [4.69, 9.17) is 16.3 Å². The molecule has 0 aliphatic carbocycles. The molecule has 128 valence electrons. The number of ether oxygens (including phenoxy) is 1. The highest BCUT2D eigenvalue weighted by molar-refractivity contribution is 6.30. The second-order valence-corrected chi connectivity index (χ2v) is 6.14. The molecule has 3 aromatic rings. The number of amides is 1. The van der Waals surface area contributed by atoms with Crippen LogP contribution < -0.4 is 10.2 Å². The standard InChI is InChI=1S/C19H18ClN3O2/c1-13-9-15(20)7-8-18(13)25-12-19(24)22-21-10-14-11-23(2)17-6-4-3-5-16(14)17/h3-11H,12H2,1-2H3,(H,22,24)/b21-10+. The highest BCUT2D eigenvalue weighted by Crippen LogP contribution is 2.21. The van der Waals surface area contributed by atoms with Crippen molar-refractivity contribution in [2.75, 3.05) is 6.61 Å². The van der Waals surface area contributed by atoms with Crippen molar-refractivity contribution in [3.8, 4) is 5.75 Å². The van der Waals surface area contributed by atoms with E-state index >= 15 is 0 Å². The van der Waals surface area contributed by atoms with Crippen molar-refractivity contribution in [1.29, 1.82) is 0 Å². The second-order valence-electron chi connectivity index (χ2n) is 5.70. The zero-order valence-electron chi connectivity index (χ0n) is 14.0. The Morgan fingerprint density at radius 3 is 2.92 bits per heavy atom. The van der Waals surface area contributed by atoms with Crippen LogP contribution in [0.1, 0.15) is 11.1 Å². The number of aryl methyl sites for hydroxylation is 2. The van der Waals surface area contributed by atoms with Gasteiger partial charge in [-0.25, -0.2) is 5.43 Å². The van der Waals surface area contributed by atoms with Crippen LogP contribution in [0, 0.1) is 6.92 Å². The summed E-state index contributed by atoms with van der Waals surface area (Å²) in [5.41, 5.74) is 5.40. The molecule has 0 aliphatic heterocycles. The third-order valence-corrected chi connectivity index (χ3v) is 4.05. The summed E-state index contributed by atoms with van der Waals surface area (Å²) in [5.74, 6) is 0.295. The third-order valence-electron chi connectivity index (χ3n) is 3.82. The van der Waals surface area contributed by atoms with Crippen molar-refractivity contribution >= 4 is 34.6 Å². The van der Waals surface area contributed by atoms with Crippen LogP contribution in [0.3, 0.4) is 0 Å². The van der Waals surface area contributed by atoms with Gasteiger partial charge in [0.05, 0.1) is 6.21 Å². The smallest absolute Gasteiger partial charge is 0.277 e. The zero-order chi connectivity index (χ0) is 17.8. The number of hydrogen-bond acceptors (Lipinski definition) is 3. The molecule has 5 nitrogen and oxygen atoms in total. The average molecular weight is 356 g/mol. The van der Waals surface area contributed by atoms with Gasteiger partial charge in [0.25, 0.3) is 5.91 Å². The average Bonchev–Trinajstić information content (AvgIpc) is 2.91. The van der Waals surface area contributed by atoms with Crippen molar-refractivity contribution in [1.82, 2.24) is 9.99 Å². The molecular formula is C19H18ClN3O2. The summed E-state index contributed by atoms with van der Waals surface area (Å²) in [7, 11) is 1.97. The van der Waals surface area contributed by atoms with Crippen molar-refractivity contribution in [2.45, 2.75) is 6.92 Å². The summed E-state index contributed by atoms with van der Waals surface area (Å²) in [6.07, 6.45) is 3.60. The first-order chi connectivity index (χ1) is 12.0. The minimum absolute atomic E-state index is 0.116. The number of nitrogens with zero attached hydrogens (tertiary/aromatic N) is 2. The minimum atomic E-state index is -0.328. The van der Waals surface area contributed by atoms with Gasteiger partial charge in [0.1, 0.15) is 5.75 Å². The van der Waals surface area contributed by atoms with Crippen molar-refractivity contribution < 1.29 is 9.53 Å². The number of hydrogen-bond donors (Lipinski definition) is 1. The number of aromatic nitrogens is 1. The lowest BCUT2D eigenvalue weighted by molar-refractivity contribution is -0.123. The van der Waals surface area contributed by atoms with Gasteiger partial charge in [-0.2, -0.15) is 5.10 Å². The van der Waals surface area contributed by atoms with Gasteiger partial charge < -0.3 is 9.30 Å². The first-order valence-corrected chi connectivity index (χ1v) is 8.17. The van der Waals surface area contributed by atoms with Gasteiger partial charge in [0.15, 0.2) is 6.61 Å². The van der Waals surface area contributed by atoms with E-state index in [-0.39, 0.29) is 12.5 Å². The van der Waals surface area contributed by atoms with Crippen molar-refractivity contribution in [2.24, 2.45) is 12.1 Å². The van der Waals surface area contributed by atoms with E-state index in [1.807, 2.05) is 49.0 Å². The summed E-state index contributed by atoms with van der Waals surface area (Å²) in [5, 5.41) is 5.73. The van der Waals surface area contributed by atoms with E-state index in [2.05, 4.69) is 10.5 Å². The molecule has 0 spiro atoms. The quantitative estimate of drug-likeness (QED) is 0.561. The largest absolute Gasteiger partial charge is 0.483 e. The molecule has 0 fully saturated rings. The second kappa shape index (κ2) is 7.40. The van der Waals surface area contributed by atoms with Gasteiger partial charge in [-0.05, 0) is 36.8 Å². The Hall–Kier alpha value is -2.79. The molecule has 1 amide bonds. The number of carbonyl (C=O) groups is 1. The highest BCUT2D eigenvalue weighted by Gasteiger charge is 2.06. The monoisotopic (exact) mass is 355 g/mol. The Balaban J connectivity index is 1.59. The van der Waals surface area contributed by atoms with Gasteiger partial charge in [0, 0.05) is 34.7 Å². The summed E-state index contributed by atoms with van der Waals surface area (Å²) in [6, 6.07) is 13.3. The fourth-order valence-electron chi connectivity index (χ4n) is 2.60. The SMILES string of the molecule is Cc1cc(Cl)ccc1OCC(=O)N/N=C/c1cn(C)c2ccccc12. The maximum absolute atomic E-state index is 11.9. The Labute approximate surface area is 150 Å². The van der Waals surface area contributed by atoms with Gasteiger partial charge in [0.2, 0.25) is 0 Å². The molecule has 0 radical (unpaired) electrons. The normalized spacial score (nSPS) is 11.2. The number of carbonyl (C=O) groups excluding carboxylic acids is 1. The molecule has 1 heterocycles. The zero-order valence-corrected chi connectivity index (χ0v) is 14.7. The lowest BCUT2D eigenvalue weighted by Crippen LogP contribution is -2.24. The molecule has 1 aromatic heterocycles. The van der Waals surface area contributed by atoms with Crippen LogP contribution in [-0.2, 0) is 11.8 Å². The first kappa shape index (κ1) is 17.0. The summed E-state index contributed by atoms with van der Waals surface area (Å²) >= 11 is 5.89. The predicted molar refractivity (Wildman–Crippen MR) is 100 cm³/mol. The number of hydrazone groups is 1. The molecule has 0 saturated carbocycles. The lowest BCUT2D eigenvalue weighted by atomic mass is 10.2. The van der Waals surface area contributed by atoms with E-state index in [1.54, 1.807) is 24.4 Å². The minimum Gasteiger partial charge on any atom is -0.483 e. The fraction of sp³-hybridized carbons (Fsp3) is 0.158. The molecule has 0 unspecified atom stereocenters. The van der Waals surface area contributed by atoms with Crippen molar-refractivity contribution in [3.63, 3.8) is 0 Å². The molecular weight excluding hydrogens is 338 g/mol. The van der Waals surface area contributed by atoms with Crippen LogP contribution >= 0.6 is 11.6 Å². The molecule has 6 heteroatoms. The van der Waals surface area contributed by atoms with E-state index in [0.717, 1.165) is 22.0 Å². The molecule has 0 atom stereocenters. The molecule has 3 rings (SSSR count). The molecule has 0 saturated heterocycles. The first-order valence-electron chi connectivity index (χ1n) is 7.79. The van der Waals surface area contributed by atoms with Crippen molar-refractivity contribution in [3.05, 3.63) is 64.8 Å². The Bertz CT molecular complexity index is 947. The third kappa shape index (κ3) is 4.00. The Morgan fingerprint density at radius 2 is 2.12 bits per heavy atom. The fourth-order valence-corrected chi connectivity index (χ4v) is 2.83. The van der Waals surface area contributed by atoms with E-state index in [0.29, 0.717) is 10.8 Å². The Kier molecular flexibility index (Phi) is 5.05. The molecule has 1 N–H and O–H groups in total. The maximum Gasteiger partial charge on any atom is 0.277 e. The molecule has 2 aromatic carbocycles. The maximum atomic E-state index is 11.9. The molecule has 0 bridgehead atoms. The number of nitrogens with one attached hydrogen (secondary N) is 1. The summed E-state index contributed by atoms with van der Waals surface area (Å²) < 4.78 is 7.50. The van der Waals surface area contributed by atoms with Crippen LogP contribution in [0.5, 0.6) is 5.75 Å².